The van der Waals surface area contributed by atoms with Crippen LogP contribution in [0.15, 0.2) is 24.3 Å². The first-order valence-electron chi connectivity index (χ1n) is 6.36. The lowest BCUT2D eigenvalue weighted by Gasteiger charge is -2.38. The van der Waals surface area contributed by atoms with E-state index in [1.54, 1.807) is 31.4 Å². The second kappa shape index (κ2) is 5.80. The third-order valence-electron chi connectivity index (χ3n) is 3.68. The number of ether oxygens (including phenoxy) is 1. The zero-order valence-electron chi connectivity index (χ0n) is 10.9. The van der Waals surface area contributed by atoms with Crippen molar-refractivity contribution < 1.29 is 14.6 Å². The maximum Gasteiger partial charge on any atom is 0.329 e. The van der Waals surface area contributed by atoms with E-state index < -0.39 is 11.5 Å². The van der Waals surface area contributed by atoms with Gasteiger partial charge in [0.2, 0.25) is 0 Å². The lowest BCUT2D eigenvalue weighted by molar-refractivity contribution is -0.145. The van der Waals surface area contributed by atoms with Crippen molar-refractivity contribution in [3.63, 3.8) is 0 Å². The van der Waals surface area contributed by atoms with Gasteiger partial charge in [0.05, 0.1) is 6.10 Å². The number of hydrogen-bond acceptors (Lipinski definition) is 3. The number of anilines is 1. The van der Waals surface area contributed by atoms with Crippen LogP contribution < -0.4 is 5.32 Å². The summed E-state index contributed by atoms with van der Waals surface area (Å²) in [6.45, 7) is 0. The minimum absolute atomic E-state index is 0.00958. The summed E-state index contributed by atoms with van der Waals surface area (Å²) < 4.78 is 5.33. The van der Waals surface area contributed by atoms with Gasteiger partial charge in [-0.1, -0.05) is 11.6 Å². The quantitative estimate of drug-likeness (QED) is 0.891. The Balaban J connectivity index is 2.19. The van der Waals surface area contributed by atoms with Crippen molar-refractivity contribution in [2.45, 2.75) is 37.3 Å². The number of hydrogen-bond donors (Lipinski definition) is 2. The summed E-state index contributed by atoms with van der Waals surface area (Å²) in [7, 11) is 1.63. The summed E-state index contributed by atoms with van der Waals surface area (Å²) in [5, 5.41) is 13.4. The summed E-state index contributed by atoms with van der Waals surface area (Å²) in [6, 6.07) is 7.08. The number of rotatable bonds is 4. The molecule has 0 heterocycles. The second-order valence-corrected chi connectivity index (χ2v) is 5.41. The zero-order chi connectivity index (χ0) is 13.9. The summed E-state index contributed by atoms with van der Waals surface area (Å²) in [5.74, 6) is -0.829. The van der Waals surface area contributed by atoms with Crippen LogP contribution in [-0.2, 0) is 9.53 Å². The Morgan fingerprint density at radius 2 is 2.16 bits per heavy atom. The number of carboxylic acids is 1. The third kappa shape index (κ3) is 3.19. The van der Waals surface area contributed by atoms with E-state index in [2.05, 4.69) is 5.32 Å². The normalized spacial score (nSPS) is 26.9. The van der Waals surface area contributed by atoms with Gasteiger partial charge in [-0.05, 0) is 43.5 Å². The van der Waals surface area contributed by atoms with E-state index in [4.69, 9.17) is 16.3 Å². The Bertz CT molecular complexity index is 449. The topological polar surface area (TPSA) is 58.6 Å². The highest BCUT2D eigenvalue weighted by molar-refractivity contribution is 6.30. The maximum atomic E-state index is 11.7. The number of methoxy groups -OCH3 is 1. The second-order valence-electron chi connectivity index (χ2n) is 4.97. The maximum absolute atomic E-state index is 11.7. The van der Waals surface area contributed by atoms with Crippen molar-refractivity contribution in [1.29, 1.82) is 0 Å². The molecule has 1 aliphatic rings. The smallest absolute Gasteiger partial charge is 0.329 e. The first-order chi connectivity index (χ1) is 9.05. The van der Waals surface area contributed by atoms with Crippen LogP contribution in [0.2, 0.25) is 5.02 Å². The van der Waals surface area contributed by atoms with Crippen molar-refractivity contribution in [2.24, 2.45) is 0 Å². The lowest BCUT2D eigenvalue weighted by atomic mass is 9.80. The molecular weight excluding hydrogens is 266 g/mol. The molecule has 4 nitrogen and oxygen atoms in total. The molecule has 2 unspecified atom stereocenters. The molecule has 5 heteroatoms. The molecule has 0 aromatic heterocycles. The minimum Gasteiger partial charge on any atom is -0.480 e. The van der Waals surface area contributed by atoms with Crippen LogP contribution in [0.3, 0.4) is 0 Å². The van der Waals surface area contributed by atoms with Gasteiger partial charge in [-0.15, -0.1) is 0 Å². The molecule has 0 amide bonds. The van der Waals surface area contributed by atoms with Crippen LogP contribution in [-0.4, -0.2) is 29.8 Å². The van der Waals surface area contributed by atoms with E-state index in [0.717, 1.165) is 18.5 Å². The van der Waals surface area contributed by atoms with Crippen LogP contribution in [0.4, 0.5) is 5.69 Å². The van der Waals surface area contributed by atoms with Crippen LogP contribution in [0.5, 0.6) is 0 Å². The number of aliphatic carboxylic acids is 1. The third-order valence-corrected chi connectivity index (χ3v) is 3.93. The van der Waals surface area contributed by atoms with Crippen molar-refractivity contribution in [3.05, 3.63) is 29.3 Å². The molecule has 0 spiro atoms. The number of carboxylic acid groups (broad SMARTS) is 1. The van der Waals surface area contributed by atoms with Crippen LogP contribution >= 0.6 is 11.6 Å². The first kappa shape index (κ1) is 14.2. The molecular formula is C14H18ClNO3. The zero-order valence-corrected chi connectivity index (χ0v) is 11.6. The molecule has 1 aromatic rings. The Labute approximate surface area is 117 Å². The van der Waals surface area contributed by atoms with Crippen molar-refractivity contribution in [2.75, 3.05) is 12.4 Å². The largest absolute Gasteiger partial charge is 0.480 e. The Morgan fingerprint density at radius 3 is 2.74 bits per heavy atom. The molecule has 2 rings (SSSR count). The highest BCUT2D eigenvalue weighted by Gasteiger charge is 2.43. The SMILES string of the molecule is COC1CCCC(Nc2ccc(Cl)cc2)(C(=O)O)C1. The molecule has 2 atom stereocenters. The average molecular weight is 284 g/mol. The summed E-state index contributed by atoms with van der Waals surface area (Å²) >= 11 is 5.83. The molecule has 104 valence electrons. The van der Waals surface area contributed by atoms with Crippen LogP contribution in [0, 0.1) is 0 Å². The van der Waals surface area contributed by atoms with Gasteiger partial charge in [0.25, 0.3) is 0 Å². The van der Waals surface area contributed by atoms with Gasteiger partial charge in [0.15, 0.2) is 0 Å². The molecule has 1 aromatic carbocycles. The summed E-state index contributed by atoms with van der Waals surface area (Å²) in [5.41, 5.74) is -0.184. The fourth-order valence-corrected chi connectivity index (χ4v) is 2.72. The average Bonchev–Trinajstić information content (AvgIpc) is 2.41. The van der Waals surface area contributed by atoms with E-state index in [1.807, 2.05) is 0 Å². The van der Waals surface area contributed by atoms with E-state index in [1.165, 1.54) is 0 Å². The number of halogens is 1. The number of nitrogens with one attached hydrogen (secondary N) is 1. The summed E-state index contributed by atoms with van der Waals surface area (Å²) in [6.07, 6.45) is 2.82. The Kier molecular flexibility index (Phi) is 4.32. The minimum atomic E-state index is -0.952. The van der Waals surface area contributed by atoms with Gasteiger partial charge >= 0.3 is 5.97 Å². The van der Waals surface area contributed by atoms with Crippen LogP contribution in [0.1, 0.15) is 25.7 Å². The predicted molar refractivity (Wildman–Crippen MR) is 74.7 cm³/mol. The summed E-state index contributed by atoms with van der Waals surface area (Å²) in [4.78, 5) is 11.7. The van der Waals surface area contributed by atoms with Gasteiger partial charge in [-0.2, -0.15) is 0 Å². The van der Waals surface area contributed by atoms with Gasteiger partial charge < -0.3 is 15.2 Å². The van der Waals surface area contributed by atoms with E-state index in [-0.39, 0.29) is 6.10 Å². The van der Waals surface area contributed by atoms with Crippen molar-refractivity contribution in [3.8, 4) is 0 Å². The van der Waals surface area contributed by atoms with Gasteiger partial charge in [-0.3, -0.25) is 0 Å². The van der Waals surface area contributed by atoms with E-state index in [0.29, 0.717) is 17.9 Å². The Hall–Kier alpha value is -1.26. The van der Waals surface area contributed by atoms with E-state index in [9.17, 15) is 9.90 Å². The highest BCUT2D eigenvalue weighted by atomic mass is 35.5. The Morgan fingerprint density at radius 1 is 1.47 bits per heavy atom. The van der Waals surface area contributed by atoms with Gasteiger partial charge in [-0.25, -0.2) is 4.79 Å². The monoisotopic (exact) mass is 283 g/mol. The van der Waals surface area contributed by atoms with Gasteiger partial charge in [0.1, 0.15) is 5.54 Å². The lowest BCUT2D eigenvalue weighted by Crippen LogP contribution is -2.51. The molecule has 1 aliphatic carbocycles. The standard InChI is InChI=1S/C14H18ClNO3/c1-19-12-3-2-8-14(9-12,13(17)18)16-11-6-4-10(15)5-7-11/h4-7,12,16H,2-3,8-9H2,1H3,(H,17,18). The van der Waals surface area contributed by atoms with Crippen molar-refractivity contribution in [1.82, 2.24) is 0 Å². The first-order valence-corrected chi connectivity index (χ1v) is 6.73. The van der Waals surface area contributed by atoms with E-state index >= 15 is 0 Å². The molecule has 0 radical (unpaired) electrons. The molecule has 0 bridgehead atoms. The molecule has 19 heavy (non-hydrogen) atoms. The van der Waals surface area contributed by atoms with Crippen LogP contribution in [0.25, 0.3) is 0 Å². The fraction of sp³-hybridized carbons (Fsp3) is 0.500. The highest BCUT2D eigenvalue weighted by Crippen LogP contribution is 2.33. The molecule has 1 saturated carbocycles. The fourth-order valence-electron chi connectivity index (χ4n) is 2.60. The predicted octanol–water partition coefficient (Wildman–Crippen LogP) is 3.16. The molecule has 0 aliphatic heterocycles. The molecule has 0 saturated heterocycles. The van der Waals surface area contributed by atoms with Crippen molar-refractivity contribution >= 4 is 23.3 Å². The van der Waals surface area contributed by atoms with Gasteiger partial charge in [0, 0.05) is 24.2 Å². The number of benzene rings is 1. The molecule has 2 N–H and O–H groups in total. The molecule has 1 fully saturated rings. The number of carbonyl (C=O) groups is 1.